The fourth-order valence-corrected chi connectivity index (χ4v) is 1.94. The molecule has 0 aromatic heterocycles. The van der Waals surface area contributed by atoms with Gasteiger partial charge in [0, 0.05) is 6.04 Å². The second kappa shape index (κ2) is 5.82. The second-order valence-corrected chi connectivity index (χ2v) is 4.67. The molecule has 0 radical (unpaired) electrons. The Kier molecular flexibility index (Phi) is 4.70. The molecular formula is C14H21NO2. The van der Waals surface area contributed by atoms with E-state index in [0.29, 0.717) is 5.92 Å². The van der Waals surface area contributed by atoms with Crippen molar-refractivity contribution < 1.29 is 9.90 Å². The van der Waals surface area contributed by atoms with E-state index in [0.717, 1.165) is 17.5 Å². The van der Waals surface area contributed by atoms with Gasteiger partial charge in [-0.2, -0.15) is 0 Å². The van der Waals surface area contributed by atoms with E-state index in [1.54, 1.807) is 0 Å². The first-order valence-corrected chi connectivity index (χ1v) is 6.05. The zero-order valence-corrected chi connectivity index (χ0v) is 10.7. The molecule has 0 aliphatic rings. The van der Waals surface area contributed by atoms with E-state index in [-0.39, 0.29) is 6.42 Å². The molecule has 17 heavy (non-hydrogen) atoms. The standard InChI is InChI=1S/C14H21NO2/c1-4-10-5-6-11(9(2)3)7-12(10)13(15)8-14(16)17/h5-7,9,13H,4,8,15H2,1-3H3,(H,16,17). The fourth-order valence-electron chi connectivity index (χ4n) is 1.94. The highest BCUT2D eigenvalue weighted by molar-refractivity contribution is 5.68. The third-order valence-corrected chi connectivity index (χ3v) is 3.01. The number of carboxylic acid groups (broad SMARTS) is 1. The van der Waals surface area contributed by atoms with E-state index in [9.17, 15) is 4.79 Å². The molecule has 1 rings (SSSR count). The number of nitrogens with two attached hydrogens (primary N) is 1. The summed E-state index contributed by atoms with van der Waals surface area (Å²) in [5, 5.41) is 8.81. The fraction of sp³-hybridized carbons (Fsp3) is 0.500. The Labute approximate surface area is 103 Å². The third-order valence-electron chi connectivity index (χ3n) is 3.01. The maximum absolute atomic E-state index is 10.7. The first-order chi connectivity index (χ1) is 7.95. The molecule has 3 heteroatoms. The summed E-state index contributed by atoms with van der Waals surface area (Å²) < 4.78 is 0. The van der Waals surface area contributed by atoms with Gasteiger partial charge < -0.3 is 10.8 Å². The zero-order valence-electron chi connectivity index (χ0n) is 10.7. The largest absolute Gasteiger partial charge is 0.481 e. The quantitative estimate of drug-likeness (QED) is 0.824. The van der Waals surface area contributed by atoms with Gasteiger partial charge >= 0.3 is 5.97 Å². The van der Waals surface area contributed by atoms with E-state index in [4.69, 9.17) is 10.8 Å². The van der Waals surface area contributed by atoms with Gasteiger partial charge in [-0.05, 0) is 29.0 Å². The summed E-state index contributed by atoms with van der Waals surface area (Å²) in [6, 6.07) is 5.80. The second-order valence-electron chi connectivity index (χ2n) is 4.67. The lowest BCUT2D eigenvalue weighted by molar-refractivity contribution is -0.137. The summed E-state index contributed by atoms with van der Waals surface area (Å²) in [5.74, 6) is -0.425. The third kappa shape index (κ3) is 3.56. The topological polar surface area (TPSA) is 63.3 Å². The maximum Gasteiger partial charge on any atom is 0.305 e. The molecule has 0 heterocycles. The molecule has 3 N–H and O–H groups in total. The lowest BCUT2D eigenvalue weighted by Gasteiger charge is -2.17. The Morgan fingerprint density at radius 2 is 2.06 bits per heavy atom. The first-order valence-electron chi connectivity index (χ1n) is 6.05. The van der Waals surface area contributed by atoms with Crippen LogP contribution in [-0.4, -0.2) is 11.1 Å². The molecule has 0 saturated heterocycles. The van der Waals surface area contributed by atoms with Crippen molar-refractivity contribution in [1.29, 1.82) is 0 Å². The van der Waals surface area contributed by atoms with Gasteiger partial charge in [0.1, 0.15) is 0 Å². The Bertz CT molecular complexity index is 399. The van der Waals surface area contributed by atoms with Gasteiger partial charge in [-0.15, -0.1) is 0 Å². The van der Waals surface area contributed by atoms with Crippen molar-refractivity contribution in [3.05, 3.63) is 34.9 Å². The van der Waals surface area contributed by atoms with Crippen molar-refractivity contribution in [2.24, 2.45) is 5.73 Å². The predicted molar refractivity (Wildman–Crippen MR) is 69.1 cm³/mol. The summed E-state index contributed by atoms with van der Waals surface area (Å²) in [7, 11) is 0. The molecule has 0 bridgehead atoms. The zero-order chi connectivity index (χ0) is 13.0. The van der Waals surface area contributed by atoms with Crippen LogP contribution in [0.15, 0.2) is 18.2 Å². The number of aliphatic carboxylic acids is 1. The predicted octanol–water partition coefficient (Wildman–Crippen LogP) is 2.85. The highest BCUT2D eigenvalue weighted by Crippen LogP contribution is 2.24. The van der Waals surface area contributed by atoms with E-state index >= 15 is 0 Å². The van der Waals surface area contributed by atoms with Crippen molar-refractivity contribution in [3.8, 4) is 0 Å². The molecule has 94 valence electrons. The summed E-state index contributed by atoms with van der Waals surface area (Å²) >= 11 is 0. The van der Waals surface area contributed by atoms with Crippen LogP contribution >= 0.6 is 0 Å². The molecule has 0 aliphatic carbocycles. The minimum atomic E-state index is -0.852. The Balaban J connectivity index is 3.09. The van der Waals surface area contributed by atoms with Gasteiger partial charge in [-0.1, -0.05) is 39.0 Å². The van der Waals surface area contributed by atoms with Crippen LogP contribution in [0.3, 0.4) is 0 Å². The van der Waals surface area contributed by atoms with Gasteiger partial charge in [0.2, 0.25) is 0 Å². The van der Waals surface area contributed by atoms with Crippen LogP contribution in [0.2, 0.25) is 0 Å². The SMILES string of the molecule is CCc1ccc(C(C)C)cc1C(N)CC(=O)O. The Morgan fingerprint density at radius 1 is 1.41 bits per heavy atom. The normalized spacial score (nSPS) is 12.8. The molecule has 1 atom stereocenters. The van der Waals surface area contributed by atoms with Gasteiger partial charge in [0.05, 0.1) is 6.42 Å². The highest BCUT2D eigenvalue weighted by Gasteiger charge is 2.15. The molecule has 0 aliphatic heterocycles. The van der Waals surface area contributed by atoms with Crippen molar-refractivity contribution in [3.63, 3.8) is 0 Å². The number of aryl methyl sites for hydroxylation is 1. The monoisotopic (exact) mass is 235 g/mol. The Hall–Kier alpha value is -1.35. The van der Waals surface area contributed by atoms with E-state index < -0.39 is 12.0 Å². The number of hydrogen-bond acceptors (Lipinski definition) is 2. The summed E-state index contributed by atoms with van der Waals surface area (Å²) in [6.07, 6.45) is 0.857. The minimum Gasteiger partial charge on any atom is -0.481 e. The molecule has 0 fully saturated rings. The Morgan fingerprint density at radius 3 is 2.53 bits per heavy atom. The minimum absolute atomic E-state index is 0.0193. The summed E-state index contributed by atoms with van der Waals surface area (Å²) in [4.78, 5) is 10.7. The van der Waals surface area contributed by atoms with Crippen LogP contribution in [0.1, 0.15) is 55.8 Å². The molecule has 1 unspecified atom stereocenters. The lowest BCUT2D eigenvalue weighted by Crippen LogP contribution is -2.17. The molecule has 1 aromatic rings. The van der Waals surface area contributed by atoms with Crippen LogP contribution < -0.4 is 5.73 Å². The van der Waals surface area contributed by atoms with Crippen LogP contribution in [0, 0.1) is 0 Å². The number of carboxylic acids is 1. The van der Waals surface area contributed by atoms with Crippen molar-refractivity contribution in [2.75, 3.05) is 0 Å². The van der Waals surface area contributed by atoms with E-state index in [1.807, 2.05) is 0 Å². The highest BCUT2D eigenvalue weighted by atomic mass is 16.4. The number of benzene rings is 1. The van der Waals surface area contributed by atoms with Crippen LogP contribution in [0.4, 0.5) is 0 Å². The molecule has 3 nitrogen and oxygen atoms in total. The van der Waals surface area contributed by atoms with Crippen molar-refractivity contribution in [1.82, 2.24) is 0 Å². The molecule has 1 aromatic carbocycles. The van der Waals surface area contributed by atoms with Crippen molar-refractivity contribution >= 4 is 5.97 Å². The molecule has 0 saturated carbocycles. The van der Waals surface area contributed by atoms with Gasteiger partial charge in [0.25, 0.3) is 0 Å². The van der Waals surface area contributed by atoms with Crippen LogP contribution in [0.25, 0.3) is 0 Å². The maximum atomic E-state index is 10.7. The average Bonchev–Trinajstić information content (AvgIpc) is 2.27. The average molecular weight is 235 g/mol. The molecule has 0 spiro atoms. The van der Waals surface area contributed by atoms with Crippen molar-refractivity contribution in [2.45, 2.75) is 45.6 Å². The number of carbonyl (C=O) groups is 1. The molecule has 0 amide bonds. The smallest absolute Gasteiger partial charge is 0.305 e. The first kappa shape index (κ1) is 13.7. The number of hydrogen-bond donors (Lipinski definition) is 2. The summed E-state index contributed by atoms with van der Waals surface area (Å²) in [6.45, 7) is 6.29. The molecular weight excluding hydrogens is 214 g/mol. The van der Waals surface area contributed by atoms with Crippen LogP contribution in [0.5, 0.6) is 0 Å². The van der Waals surface area contributed by atoms with Crippen LogP contribution in [-0.2, 0) is 11.2 Å². The number of rotatable bonds is 5. The van der Waals surface area contributed by atoms with E-state index in [2.05, 4.69) is 39.0 Å². The van der Waals surface area contributed by atoms with Gasteiger partial charge in [0.15, 0.2) is 0 Å². The van der Waals surface area contributed by atoms with E-state index in [1.165, 1.54) is 5.56 Å². The van der Waals surface area contributed by atoms with Gasteiger partial charge in [-0.25, -0.2) is 0 Å². The lowest BCUT2D eigenvalue weighted by atomic mass is 9.91. The summed E-state index contributed by atoms with van der Waals surface area (Å²) in [5.41, 5.74) is 9.28. The van der Waals surface area contributed by atoms with Gasteiger partial charge in [-0.3, -0.25) is 4.79 Å².